The van der Waals surface area contributed by atoms with E-state index in [-0.39, 0.29) is 6.04 Å². The van der Waals surface area contributed by atoms with E-state index in [4.69, 9.17) is 11.5 Å². The van der Waals surface area contributed by atoms with Gasteiger partial charge in [-0.15, -0.1) is 0 Å². The first-order valence-electron chi connectivity index (χ1n) is 4.16. The lowest BCUT2D eigenvalue weighted by molar-refractivity contribution is 0.736. The molecule has 2 rings (SSSR count). The first-order valence-corrected chi connectivity index (χ1v) is 4.16. The zero-order chi connectivity index (χ0) is 9.42. The third-order valence-corrected chi connectivity index (χ3v) is 1.99. The van der Waals surface area contributed by atoms with Gasteiger partial charge in [0.1, 0.15) is 5.82 Å². The SMILES string of the molecule is CC(N)c1ncc2ccc(N)cn12. The van der Waals surface area contributed by atoms with Gasteiger partial charge in [-0.25, -0.2) is 4.98 Å². The highest BCUT2D eigenvalue weighted by molar-refractivity contribution is 5.52. The van der Waals surface area contributed by atoms with Crippen LogP contribution >= 0.6 is 0 Å². The van der Waals surface area contributed by atoms with E-state index in [0.29, 0.717) is 5.69 Å². The van der Waals surface area contributed by atoms with Crippen molar-refractivity contribution in [2.45, 2.75) is 13.0 Å². The molecule has 2 aromatic heterocycles. The minimum absolute atomic E-state index is 0.0794. The summed E-state index contributed by atoms with van der Waals surface area (Å²) in [6, 6.07) is 3.69. The van der Waals surface area contributed by atoms with Gasteiger partial charge in [0.2, 0.25) is 0 Å². The fraction of sp³-hybridized carbons (Fsp3) is 0.222. The van der Waals surface area contributed by atoms with E-state index < -0.39 is 0 Å². The van der Waals surface area contributed by atoms with Crippen LogP contribution < -0.4 is 11.5 Å². The van der Waals surface area contributed by atoms with Gasteiger partial charge >= 0.3 is 0 Å². The Labute approximate surface area is 76.2 Å². The number of aromatic nitrogens is 2. The Morgan fingerprint density at radius 2 is 2.23 bits per heavy atom. The molecular weight excluding hydrogens is 164 g/mol. The normalized spacial score (nSPS) is 13.4. The molecule has 4 nitrogen and oxygen atoms in total. The van der Waals surface area contributed by atoms with E-state index in [9.17, 15) is 0 Å². The van der Waals surface area contributed by atoms with Gasteiger partial charge in [0.05, 0.1) is 17.8 Å². The predicted molar refractivity (Wildman–Crippen MR) is 52.2 cm³/mol. The zero-order valence-electron chi connectivity index (χ0n) is 7.44. The van der Waals surface area contributed by atoms with Crippen molar-refractivity contribution in [3.8, 4) is 0 Å². The standard InChI is InChI=1S/C9H12N4/c1-6(10)9-12-4-8-3-2-7(11)5-13(8)9/h2-6H,10-11H2,1H3. The fourth-order valence-electron chi connectivity index (χ4n) is 1.36. The second-order valence-corrected chi connectivity index (χ2v) is 3.16. The smallest absolute Gasteiger partial charge is 0.129 e. The summed E-state index contributed by atoms with van der Waals surface area (Å²) in [4.78, 5) is 4.22. The summed E-state index contributed by atoms with van der Waals surface area (Å²) >= 11 is 0. The van der Waals surface area contributed by atoms with Crippen LogP contribution in [-0.4, -0.2) is 9.38 Å². The number of nitrogens with zero attached hydrogens (tertiary/aromatic N) is 2. The number of hydrogen-bond acceptors (Lipinski definition) is 3. The van der Waals surface area contributed by atoms with Gasteiger partial charge in [0.25, 0.3) is 0 Å². The molecule has 68 valence electrons. The van der Waals surface area contributed by atoms with E-state index in [1.165, 1.54) is 0 Å². The maximum atomic E-state index is 5.75. The molecule has 13 heavy (non-hydrogen) atoms. The van der Waals surface area contributed by atoms with Crippen molar-refractivity contribution in [1.29, 1.82) is 0 Å². The van der Waals surface area contributed by atoms with Crippen molar-refractivity contribution in [2.75, 3.05) is 5.73 Å². The van der Waals surface area contributed by atoms with Crippen molar-refractivity contribution in [3.63, 3.8) is 0 Å². The molecule has 0 aromatic carbocycles. The average molecular weight is 176 g/mol. The minimum atomic E-state index is -0.0794. The molecule has 0 fully saturated rings. The molecule has 0 spiro atoms. The molecule has 0 bridgehead atoms. The van der Waals surface area contributed by atoms with Crippen molar-refractivity contribution < 1.29 is 0 Å². The Kier molecular flexibility index (Phi) is 1.70. The molecule has 0 aliphatic carbocycles. The van der Waals surface area contributed by atoms with E-state index >= 15 is 0 Å². The van der Waals surface area contributed by atoms with Gasteiger partial charge in [-0.05, 0) is 19.1 Å². The summed E-state index contributed by atoms with van der Waals surface area (Å²) in [6.07, 6.45) is 3.62. The lowest BCUT2D eigenvalue weighted by atomic mass is 10.3. The monoisotopic (exact) mass is 176 g/mol. The topological polar surface area (TPSA) is 69.3 Å². The highest BCUT2D eigenvalue weighted by Crippen LogP contribution is 2.14. The Morgan fingerprint density at radius 1 is 1.46 bits per heavy atom. The zero-order valence-corrected chi connectivity index (χ0v) is 7.44. The third kappa shape index (κ3) is 1.25. The molecule has 0 saturated carbocycles. The molecule has 0 saturated heterocycles. The Hall–Kier alpha value is -1.55. The predicted octanol–water partition coefficient (Wildman–Crippen LogP) is 0.936. The first kappa shape index (κ1) is 8.07. The lowest BCUT2D eigenvalue weighted by Gasteiger charge is -2.04. The van der Waals surface area contributed by atoms with Gasteiger partial charge in [-0.2, -0.15) is 0 Å². The number of imidazole rings is 1. The molecule has 2 aromatic rings. The molecular formula is C9H12N4. The van der Waals surface area contributed by atoms with Crippen LogP contribution in [0.3, 0.4) is 0 Å². The summed E-state index contributed by atoms with van der Waals surface area (Å²) < 4.78 is 1.92. The van der Waals surface area contributed by atoms with Crippen LogP contribution in [0.15, 0.2) is 24.5 Å². The van der Waals surface area contributed by atoms with Crippen LogP contribution in [0, 0.1) is 0 Å². The summed E-state index contributed by atoms with van der Waals surface area (Å²) in [7, 11) is 0. The van der Waals surface area contributed by atoms with Gasteiger partial charge in [-0.1, -0.05) is 0 Å². The summed E-state index contributed by atoms with van der Waals surface area (Å²) in [5, 5.41) is 0. The molecule has 1 unspecified atom stereocenters. The van der Waals surface area contributed by atoms with Crippen molar-refractivity contribution in [2.24, 2.45) is 5.73 Å². The van der Waals surface area contributed by atoms with Gasteiger partial charge in [0, 0.05) is 11.9 Å². The van der Waals surface area contributed by atoms with Crippen LogP contribution in [0.2, 0.25) is 0 Å². The number of hydrogen-bond donors (Lipinski definition) is 2. The van der Waals surface area contributed by atoms with E-state index in [1.54, 1.807) is 6.20 Å². The number of nitrogens with two attached hydrogens (primary N) is 2. The molecule has 0 amide bonds. The maximum Gasteiger partial charge on any atom is 0.129 e. The summed E-state index contributed by atoms with van der Waals surface area (Å²) in [5.74, 6) is 0.835. The van der Waals surface area contributed by atoms with E-state index in [1.807, 2.05) is 29.7 Å². The quantitative estimate of drug-likeness (QED) is 0.679. The second kappa shape index (κ2) is 2.74. The van der Waals surface area contributed by atoms with E-state index in [0.717, 1.165) is 11.3 Å². The van der Waals surface area contributed by atoms with Gasteiger partial charge in [-0.3, -0.25) is 0 Å². The highest BCUT2D eigenvalue weighted by Gasteiger charge is 2.06. The maximum absolute atomic E-state index is 5.75. The third-order valence-electron chi connectivity index (χ3n) is 1.99. The molecule has 2 heterocycles. The number of pyridine rings is 1. The van der Waals surface area contributed by atoms with Gasteiger partial charge in [0.15, 0.2) is 0 Å². The second-order valence-electron chi connectivity index (χ2n) is 3.16. The van der Waals surface area contributed by atoms with Crippen LogP contribution in [0.25, 0.3) is 5.52 Å². The molecule has 4 N–H and O–H groups in total. The van der Waals surface area contributed by atoms with Crippen LogP contribution in [-0.2, 0) is 0 Å². The largest absolute Gasteiger partial charge is 0.398 e. The molecule has 0 radical (unpaired) electrons. The summed E-state index contributed by atoms with van der Waals surface area (Å²) in [6.45, 7) is 1.90. The van der Waals surface area contributed by atoms with Crippen LogP contribution in [0.5, 0.6) is 0 Å². The van der Waals surface area contributed by atoms with E-state index in [2.05, 4.69) is 4.98 Å². The first-order chi connectivity index (χ1) is 6.18. The number of fused-ring (bicyclic) bond motifs is 1. The van der Waals surface area contributed by atoms with Crippen LogP contribution in [0.4, 0.5) is 5.69 Å². The minimum Gasteiger partial charge on any atom is -0.398 e. The molecule has 4 heteroatoms. The Morgan fingerprint density at radius 3 is 2.92 bits per heavy atom. The van der Waals surface area contributed by atoms with Crippen molar-refractivity contribution >= 4 is 11.2 Å². The molecule has 1 atom stereocenters. The number of nitrogen functional groups attached to an aromatic ring is 1. The number of anilines is 1. The fourth-order valence-corrected chi connectivity index (χ4v) is 1.36. The highest BCUT2D eigenvalue weighted by atomic mass is 15.0. The lowest BCUT2D eigenvalue weighted by Crippen LogP contribution is -2.09. The van der Waals surface area contributed by atoms with Gasteiger partial charge < -0.3 is 15.9 Å². The number of rotatable bonds is 1. The average Bonchev–Trinajstić information content (AvgIpc) is 2.46. The summed E-state index contributed by atoms with van der Waals surface area (Å²) in [5.41, 5.74) is 13.1. The molecule has 0 aliphatic rings. The Bertz CT molecular complexity index is 430. The molecule has 0 aliphatic heterocycles. The van der Waals surface area contributed by atoms with Crippen molar-refractivity contribution in [3.05, 3.63) is 30.4 Å². The van der Waals surface area contributed by atoms with Crippen molar-refractivity contribution in [1.82, 2.24) is 9.38 Å². The Balaban J connectivity index is 2.71. The van der Waals surface area contributed by atoms with Crippen LogP contribution in [0.1, 0.15) is 18.8 Å².